The number of hydrogen-bond acceptors (Lipinski definition) is 2. The molecule has 0 atom stereocenters. The van der Waals surface area contributed by atoms with E-state index in [9.17, 15) is 0 Å². The second-order valence-electron chi connectivity index (χ2n) is 17.4. The first-order chi connectivity index (χ1) is 31.8. The fourth-order valence-electron chi connectivity index (χ4n) is 12.3. The van der Waals surface area contributed by atoms with E-state index in [1.807, 2.05) is 11.3 Å². The Kier molecular flexibility index (Phi) is 7.47. The van der Waals surface area contributed by atoms with Crippen molar-refractivity contribution in [1.82, 2.24) is 0 Å². The summed E-state index contributed by atoms with van der Waals surface area (Å²) in [7, 11) is 0. The van der Waals surface area contributed by atoms with Crippen molar-refractivity contribution in [3.63, 3.8) is 0 Å². The molecule has 0 saturated carbocycles. The van der Waals surface area contributed by atoms with Crippen LogP contribution in [0, 0.1) is 0 Å². The summed E-state index contributed by atoms with van der Waals surface area (Å²) in [6.07, 6.45) is 0. The van der Waals surface area contributed by atoms with Crippen LogP contribution in [-0.2, 0) is 10.8 Å². The van der Waals surface area contributed by atoms with Crippen LogP contribution in [0.1, 0.15) is 44.5 Å². The van der Waals surface area contributed by atoms with Crippen LogP contribution in [-0.4, -0.2) is 0 Å². The van der Waals surface area contributed by atoms with Gasteiger partial charge in [0.05, 0.1) is 26.9 Å². The Morgan fingerprint density at radius 3 is 1.28 bits per heavy atom. The van der Waals surface area contributed by atoms with Crippen molar-refractivity contribution in [1.29, 1.82) is 0 Å². The fraction of sp³-hybridized carbons (Fsp3) is 0.0323. The Labute approximate surface area is 376 Å². The number of nitrogens with zero attached hydrogens (tertiary/aromatic N) is 1. The smallest absolute Gasteiger partial charge is 0.0727 e. The van der Waals surface area contributed by atoms with Gasteiger partial charge in [0.2, 0.25) is 0 Å². The lowest BCUT2D eigenvalue weighted by Crippen LogP contribution is -2.28. The van der Waals surface area contributed by atoms with Crippen LogP contribution in [0.5, 0.6) is 0 Å². The fourth-order valence-corrected chi connectivity index (χ4v) is 13.6. The van der Waals surface area contributed by atoms with Gasteiger partial charge in [0.15, 0.2) is 0 Å². The number of anilines is 3. The van der Waals surface area contributed by atoms with Gasteiger partial charge >= 0.3 is 0 Å². The molecule has 1 aromatic heterocycles. The summed E-state index contributed by atoms with van der Waals surface area (Å²) in [5.74, 6) is 0. The second kappa shape index (κ2) is 13.4. The van der Waals surface area contributed by atoms with Crippen LogP contribution in [0.4, 0.5) is 17.1 Å². The highest BCUT2D eigenvalue weighted by Crippen LogP contribution is 2.65. The van der Waals surface area contributed by atoms with E-state index in [4.69, 9.17) is 0 Å². The maximum atomic E-state index is 2.55. The lowest BCUT2D eigenvalue weighted by Gasteiger charge is -2.34. The molecular weight excluding hydrogens is 791 g/mol. The molecule has 0 bridgehead atoms. The minimum absolute atomic E-state index is 0.435. The third-order valence-electron chi connectivity index (χ3n) is 14.6. The van der Waals surface area contributed by atoms with E-state index in [1.165, 1.54) is 109 Å². The van der Waals surface area contributed by atoms with Gasteiger partial charge < -0.3 is 4.90 Å². The van der Waals surface area contributed by atoms with E-state index in [1.54, 1.807) is 0 Å². The molecule has 1 spiro atoms. The molecule has 11 aromatic rings. The van der Waals surface area contributed by atoms with Gasteiger partial charge in [0.25, 0.3) is 0 Å². The van der Waals surface area contributed by atoms with Gasteiger partial charge in [-0.15, -0.1) is 11.3 Å². The zero-order valence-electron chi connectivity index (χ0n) is 34.9. The normalized spacial score (nSPS) is 14.2. The number of rotatable bonds is 5. The van der Waals surface area contributed by atoms with Gasteiger partial charge in [0.1, 0.15) is 0 Å². The molecule has 0 aliphatic heterocycles. The number of fused-ring (bicyclic) bond motifs is 16. The summed E-state index contributed by atoms with van der Waals surface area (Å²) in [4.78, 5) is 2.55. The third kappa shape index (κ3) is 4.48. The van der Waals surface area contributed by atoms with Gasteiger partial charge in [-0.3, -0.25) is 0 Å². The topological polar surface area (TPSA) is 3.24 Å². The van der Waals surface area contributed by atoms with Crippen molar-refractivity contribution in [2.75, 3.05) is 4.90 Å². The summed E-state index contributed by atoms with van der Waals surface area (Å²) in [6, 6.07) is 88.7. The van der Waals surface area contributed by atoms with Gasteiger partial charge in [-0.25, -0.2) is 0 Å². The molecule has 0 unspecified atom stereocenters. The SMILES string of the molecule is c1ccc(N(c2cccc3c2-c2ccccc2C32c3ccccc3-c3ccccc32)c2cccc3c2sc2c(C4(c5ccccc5)c5ccccc5-c5ccccc54)cccc23)cc1. The van der Waals surface area contributed by atoms with Crippen LogP contribution < -0.4 is 4.90 Å². The number of benzene rings is 10. The molecule has 2 heteroatoms. The first-order valence-corrected chi connectivity index (χ1v) is 23.1. The predicted octanol–water partition coefficient (Wildman–Crippen LogP) is 16.2. The first-order valence-electron chi connectivity index (χ1n) is 22.3. The van der Waals surface area contributed by atoms with Crippen LogP contribution in [0.25, 0.3) is 53.6 Å². The molecule has 0 amide bonds. The summed E-state index contributed by atoms with van der Waals surface area (Å²) >= 11 is 1.94. The largest absolute Gasteiger partial charge is 0.308 e. The van der Waals surface area contributed by atoms with Crippen LogP contribution >= 0.6 is 11.3 Å². The van der Waals surface area contributed by atoms with Crippen molar-refractivity contribution in [2.45, 2.75) is 10.8 Å². The van der Waals surface area contributed by atoms with Crippen molar-refractivity contribution in [2.24, 2.45) is 0 Å². The number of para-hydroxylation sites is 1. The highest BCUT2D eigenvalue weighted by molar-refractivity contribution is 7.26. The highest BCUT2D eigenvalue weighted by atomic mass is 32.1. The van der Waals surface area contributed by atoms with Crippen LogP contribution in [0.3, 0.4) is 0 Å². The Bertz CT molecular complexity index is 3600. The summed E-state index contributed by atoms with van der Waals surface area (Å²) in [5.41, 5.74) is 21.0. The average Bonchev–Trinajstić information content (AvgIpc) is 4.08. The van der Waals surface area contributed by atoms with Crippen LogP contribution in [0.2, 0.25) is 0 Å². The second-order valence-corrected chi connectivity index (χ2v) is 18.4. The zero-order valence-corrected chi connectivity index (χ0v) is 35.7. The standard InChI is InChI=1S/C62H39NS/c1-3-20-40(21-4-1)61(49-31-12-7-24-42(49)43-25-8-13-32-50(43)61)55-37-17-29-46-47-30-18-39-57(60(47)64-59(46)55)63(41-22-5-2-6-23-41)56-38-19-36-54-58(56)48-28-11-16-35-53(48)62(54)51-33-14-9-26-44(51)45-27-10-15-34-52(45)62/h1-39H. The van der Waals surface area contributed by atoms with E-state index in [0.717, 1.165) is 5.69 Å². The molecule has 1 heterocycles. The first kappa shape index (κ1) is 35.8. The maximum absolute atomic E-state index is 2.55. The zero-order chi connectivity index (χ0) is 42.0. The van der Waals surface area contributed by atoms with Gasteiger partial charge in [-0.2, -0.15) is 0 Å². The lowest BCUT2D eigenvalue weighted by molar-refractivity contribution is 0.778. The molecule has 0 radical (unpaired) electrons. The molecule has 0 fully saturated rings. The molecule has 298 valence electrons. The molecule has 3 aliphatic carbocycles. The van der Waals surface area contributed by atoms with Crippen molar-refractivity contribution < 1.29 is 0 Å². The number of thiophene rings is 1. The molecule has 10 aromatic carbocycles. The quantitative estimate of drug-likeness (QED) is 0.167. The van der Waals surface area contributed by atoms with E-state index >= 15 is 0 Å². The molecule has 64 heavy (non-hydrogen) atoms. The van der Waals surface area contributed by atoms with E-state index in [0.29, 0.717) is 0 Å². The van der Waals surface area contributed by atoms with Gasteiger partial charge in [0, 0.05) is 26.7 Å². The highest BCUT2D eigenvalue weighted by Gasteiger charge is 2.52. The Morgan fingerprint density at radius 2 is 0.688 bits per heavy atom. The molecule has 14 rings (SSSR count). The average molecular weight is 830 g/mol. The minimum atomic E-state index is -0.500. The van der Waals surface area contributed by atoms with Crippen molar-refractivity contribution in [3.05, 3.63) is 281 Å². The summed E-state index contributed by atoms with van der Waals surface area (Å²) < 4.78 is 2.59. The molecular formula is C62H39NS. The van der Waals surface area contributed by atoms with E-state index in [-0.39, 0.29) is 0 Å². The van der Waals surface area contributed by atoms with E-state index in [2.05, 4.69) is 241 Å². The Morgan fingerprint density at radius 1 is 0.281 bits per heavy atom. The summed E-state index contributed by atoms with van der Waals surface area (Å²) in [6.45, 7) is 0. The minimum Gasteiger partial charge on any atom is -0.308 e. The molecule has 3 aliphatic rings. The molecule has 1 nitrogen and oxygen atoms in total. The molecule has 0 N–H and O–H groups in total. The Balaban J connectivity index is 1.06. The monoisotopic (exact) mass is 829 g/mol. The lowest BCUT2D eigenvalue weighted by atomic mass is 9.67. The number of hydrogen-bond donors (Lipinski definition) is 0. The van der Waals surface area contributed by atoms with Gasteiger partial charge in [-0.1, -0.05) is 212 Å². The maximum Gasteiger partial charge on any atom is 0.0727 e. The Hall–Kier alpha value is -7.78. The summed E-state index contributed by atoms with van der Waals surface area (Å²) in [5, 5.41) is 2.55. The molecule has 0 saturated heterocycles. The van der Waals surface area contributed by atoms with Gasteiger partial charge in [-0.05, 0) is 96.6 Å². The van der Waals surface area contributed by atoms with Crippen LogP contribution in [0.15, 0.2) is 237 Å². The van der Waals surface area contributed by atoms with E-state index < -0.39 is 10.8 Å². The third-order valence-corrected chi connectivity index (χ3v) is 15.8. The predicted molar refractivity (Wildman–Crippen MR) is 268 cm³/mol. The van der Waals surface area contributed by atoms with Crippen molar-refractivity contribution in [3.8, 4) is 33.4 Å². The van der Waals surface area contributed by atoms with Crippen molar-refractivity contribution >= 4 is 48.6 Å².